The van der Waals surface area contributed by atoms with Gasteiger partial charge in [-0.05, 0) is 31.0 Å². The highest BCUT2D eigenvalue weighted by Crippen LogP contribution is 2.32. The third-order valence-corrected chi connectivity index (χ3v) is 4.29. The normalized spacial score (nSPS) is 14.6. The summed E-state index contributed by atoms with van der Waals surface area (Å²) in [4.78, 5) is 12.1. The Kier molecular flexibility index (Phi) is 5.03. The molecular weight excluding hydrogens is 308 g/mol. The van der Waals surface area contributed by atoms with Crippen molar-refractivity contribution in [3.63, 3.8) is 0 Å². The summed E-state index contributed by atoms with van der Waals surface area (Å²) in [7, 11) is 3.17. The summed E-state index contributed by atoms with van der Waals surface area (Å²) in [6, 6.07) is 7.60. The number of hydrogen-bond donors (Lipinski definition) is 1. The van der Waals surface area contributed by atoms with Gasteiger partial charge in [0.05, 0.1) is 26.3 Å². The van der Waals surface area contributed by atoms with E-state index in [1.54, 1.807) is 20.3 Å². The molecule has 0 bridgehead atoms. The second-order valence-electron chi connectivity index (χ2n) is 5.98. The van der Waals surface area contributed by atoms with E-state index in [9.17, 15) is 4.79 Å². The molecule has 0 aliphatic heterocycles. The molecule has 6 nitrogen and oxygen atoms in total. The summed E-state index contributed by atoms with van der Waals surface area (Å²) in [6.07, 6.45) is 4.76. The van der Waals surface area contributed by atoms with Crippen molar-refractivity contribution in [2.24, 2.45) is 0 Å². The SMILES string of the molecule is COc1ccc(-c2cc(CC(=O)NC3CCCC3)no2)cc1OC. The van der Waals surface area contributed by atoms with E-state index < -0.39 is 0 Å². The van der Waals surface area contributed by atoms with Gasteiger partial charge >= 0.3 is 0 Å². The number of hydrogen-bond acceptors (Lipinski definition) is 5. The number of amides is 1. The van der Waals surface area contributed by atoms with Gasteiger partial charge in [-0.1, -0.05) is 18.0 Å². The van der Waals surface area contributed by atoms with Crippen LogP contribution in [0, 0.1) is 0 Å². The topological polar surface area (TPSA) is 73.6 Å². The zero-order valence-electron chi connectivity index (χ0n) is 14.0. The van der Waals surface area contributed by atoms with Gasteiger partial charge in [0.2, 0.25) is 5.91 Å². The Bertz CT molecular complexity index is 705. The number of carbonyl (C=O) groups excluding carboxylic acids is 1. The highest BCUT2D eigenvalue weighted by Gasteiger charge is 2.18. The quantitative estimate of drug-likeness (QED) is 0.881. The predicted octanol–water partition coefficient (Wildman–Crippen LogP) is 2.96. The van der Waals surface area contributed by atoms with Crippen molar-refractivity contribution in [1.29, 1.82) is 0 Å². The van der Waals surface area contributed by atoms with Crippen LogP contribution in [-0.2, 0) is 11.2 Å². The van der Waals surface area contributed by atoms with Crippen LogP contribution in [0.2, 0.25) is 0 Å². The van der Waals surface area contributed by atoms with Gasteiger partial charge in [0.15, 0.2) is 17.3 Å². The summed E-state index contributed by atoms with van der Waals surface area (Å²) in [5, 5.41) is 7.05. The minimum atomic E-state index is -0.00550. The van der Waals surface area contributed by atoms with Gasteiger partial charge in [-0.2, -0.15) is 0 Å². The monoisotopic (exact) mass is 330 g/mol. The maximum atomic E-state index is 12.1. The number of aromatic nitrogens is 1. The second-order valence-corrected chi connectivity index (χ2v) is 5.98. The summed E-state index contributed by atoms with van der Waals surface area (Å²) in [6.45, 7) is 0. The Morgan fingerprint density at radius 1 is 1.21 bits per heavy atom. The molecule has 0 radical (unpaired) electrons. The van der Waals surface area contributed by atoms with Gasteiger partial charge in [0.25, 0.3) is 0 Å². The smallest absolute Gasteiger partial charge is 0.226 e. The van der Waals surface area contributed by atoms with Crippen LogP contribution in [0.5, 0.6) is 11.5 Å². The number of carbonyl (C=O) groups is 1. The maximum Gasteiger partial charge on any atom is 0.226 e. The van der Waals surface area contributed by atoms with Crippen LogP contribution in [0.15, 0.2) is 28.8 Å². The Morgan fingerprint density at radius 3 is 2.67 bits per heavy atom. The first-order valence-electron chi connectivity index (χ1n) is 8.17. The first-order chi connectivity index (χ1) is 11.7. The van der Waals surface area contributed by atoms with E-state index in [-0.39, 0.29) is 12.3 Å². The third-order valence-electron chi connectivity index (χ3n) is 4.29. The molecule has 1 N–H and O–H groups in total. The summed E-state index contributed by atoms with van der Waals surface area (Å²) in [5.74, 6) is 1.86. The molecule has 24 heavy (non-hydrogen) atoms. The fourth-order valence-electron chi connectivity index (χ4n) is 3.03. The molecule has 2 aromatic rings. The van der Waals surface area contributed by atoms with E-state index in [0.717, 1.165) is 18.4 Å². The first-order valence-corrected chi connectivity index (χ1v) is 8.17. The summed E-state index contributed by atoms with van der Waals surface area (Å²) >= 11 is 0. The van der Waals surface area contributed by atoms with E-state index >= 15 is 0 Å². The van der Waals surface area contributed by atoms with Crippen molar-refractivity contribution in [1.82, 2.24) is 10.5 Å². The lowest BCUT2D eigenvalue weighted by Gasteiger charge is -2.10. The minimum absolute atomic E-state index is 0.00550. The lowest BCUT2D eigenvalue weighted by molar-refractivity contribution is -0.121. The molecule has 0 unspecified atom stereocenters. The average molecular weight is 330 g/mol. The van der Waals surface area contributed by atoms with E-state index in [1.165, 1.54) is 12.8 Å². The molecular formula is C18H22N2O4. The molecule has 1 aromatic heterocycles. The van der Waals surface area contributed by atoms with Crippen molar-refractivity contribution >= 4 is 5.91 Å². The molecule has 1 aliphatic rings. The van der Waals surface area contributed by atoms with E-state index in [2.05, 4.69) is 10.5 Å². The second kappa shape index (κ2) is 7.38. The van der Waals surface area contributed by atoms with Gasteiger partial charge in [0.1, 0.15) is 0 Å². The number of benzene rings is 1. The van der Waals surface area contributed by atoms with E-state index in [0.29, 0.717) is 29.0 Å². The highest BCUT2D eigenvalue weighted by molar-refractivity contribution is 5.78. The third kappa shape index (κ3) is 3.69. The number of rotatable bonds is 6. The lowest BCUT2D eigenvalue weighted by atomic mass is 10.1. The number of nitrogens with one attached hydrogen (secondary N) is 1. The van der Waals surface area contributed by atoms with Crippen LogP contribution in [-0.4, -0.2) is 31.3 Å². The standard InChI is InChI=1S/C18H22N2O4/c1-22-15-8-7-12(9-17(15)23-2)16-10-14(20-24-16)11-18(21)19-13-5-3-4-6-13/h7-10,13H,3-6,11H2,1-2H3,(H,19,21). The Labute approximate surface area is 141 Å². The Morgan fingerprint density at radius 2 is 1.96 bits per heavy atom. The van der Waals surface area contributed by atoms with Crippen LogP contribution in [0.4, 0.5) is 0 Å². The molecule has 0 saturated heterocycles. The molecule has 1 aliphatic carbocycles. The number of methoxy groups -OCH3 is 2. The fourth-order valence-corrected chi connectivity index (χ4v) is 3.03. The molecule has 6 heteroatoms. The van der Waals surface area contributed by atoms with E-state index in [4.69, 9.17) is 14.0 Å². The molecule has 3 rings (SSSR count). The fraction of sp³-hybridized carbons (Fsp3) is 0.444. The highest BCUT2D eigenvalue weighted by atomic mass is 16.5. The molecule has 0 spiro atoms. The van der Waals surface area contributed by atoms with Gasteiger partial charge < -0.3 is 19.3 Å². The predicted molar refractivity (Wildman–Crippen MR) is 89.1 cm³/mol. The maximum absolute atomic E-state index is 12.1. The van der Waals surface area contributed by atoms with Crippen molar-refractivity contribution in [3.8, 4) is 22.8 Å². The van der Waals surface area contributed by atoms with E-state index in [1.807, 2.05) is 18.2 Å². The van der Waals surface area contributed by atoms with Crippen LogP contribution in [0.3, 0.4) is 0 Å². The van der Waals surface area contributed by atoms with Crippen LogP contribution in [0.25, 0.3) is 11.3 Å². The van der Waals surface area contributed by atoms with Crippen molar-refractivity contribution in [3.05, 3.63) is 30.0 Å². The van der Waals surface area contributed by atoms with Gasteiger partial charge in [-0.25, -0.2) is 0 Å². The van der Waals surface area contributed by atoms with Crippen LogP contribution < -0.4 is 14.8 Å². The Hall–Kier alpha value is -2.50. The summed E-state index contributed by atoms with van der Waals surface area (Å²) in [5.41, 5.74) is 1.44. The molecule has 1 fully saturated rings. The first kappa shape index (κ1) is 16.4. The molecule has 128 valence electrons. The lowest BCUT2D eigenvalue weighted by Crippen LogP contribution is -2.33. The van der Waals surface area contributed by atoms with Gasteiger partial charge in [-0.3, -0.25) is 4.79 Å². The Balaban J connectivity index is 1.67. The summed E-state index contributed by atoms with van der Waals surface area (Å²) < 4.78 is 15.9. The van der Waals surface area contributed by atoms with Gasteiger partial charge in [0, 0.05) is 17.7 Å². The molecule has 1 heterocycles. The molecule has 1 amide bonds. The van der Waals surface area contributed by atoms with Crippen molar-refractivity contribution < 1.29 is 18.8 Å². The van der Waals surface area contributed by atoms with Crippen molar-refractivity contribution in [2.45, 2.75) is 38.1 Å². The number of nitrogens with zero attached hydrogens (tertiary/aromatic N) is 1. The zero-order chi connectivity index (χ0) is 16.9. The average Bonchev–Trinajstić information content (AvgIpc) is 3.26. The molecule has 1 saturated carbocycles. The zero-order valence-corrected chi connectivity index (χ0v) is 14.0. The minimum Gasteiger partial charge on any atom is -0.493 e. The van der Waals surface area contributed by atoms with Crippen molar-refractivity contribution in [2.75, 3.05) is 14.2 Å². The van der Waals surface area contributed by atoms with Crippen LogP contribution in [0.1, 0.15) is 31.4 Å². The van der Waals surface area contributed by atoms with Gasteiger partial charge in [-0.15, -0.1) is 0 Å². The largest absolute Gasteiger partial charge is 0.493 e. The van der Waals surface area contributed by atoms with Crippen LogP contribution >= 0.6 is 0 Å². The molecule has 1 aromatic carbocycles. The molecule has 0 atom stereocenters. The number of ether oxygens (including phenoxy) is 2.